The quantitative estimate of drug-likeness (QED) is 0.179. The molecule has 2 saturated heterocycles. The summed E-state index contributed by atoms with van der Waals surface area (Å²) in [5, 5.41) is 11.4. The predicted molar refractivity (Wildman–Crippen MR) is 206 cm³/mol. The van der Waals surface area contributed by atoms with Gasteiger partial charge in [-0.15, -0.1) is 0 Å². The number of likely N-dealkylation sites (tertiary alicyclic amines) is 1. The number of amides is 6. The second kappa shape index (κ2) is 18.2. The SMILES string of the molecule is CCCC(NC(=O)[C@@H]1CC2(CN1C(=O)[C@@H](NC(=O)[C@@H](NC(=O)c1cnccn1)C1CCCCC1)C(C)(C)C)N(CCC)CC(=O)N2CC)C(=O)C(=O)NC1CC1. The Balaban J connectivity index is 1.47. The summed E-state index contributed by atoms with van der Waals surface area (Å²) in [6.45, 7) is 12.2. The first-order valence-electron chi connectivity index (χ1n) is 20.5. The maximum absolute atomic E-state index is 15.1. The van der Waals surface area contributed by atoms with E-state index in [1.165, 1.54) is 23.5 Å². The van der Waals surface area contributed by atoms with Crippen molar-refractivity contribution in [2.24, 2.45) is 11.3 Å². The molecule has 16 heteroatoms. The largest absolute Gasteiger partial charge is 0.347 e. The smallest absolute Gasteiger partial charge is 0.289 e. The van der Waals surface area contributed by atoms with Gasteiger partial charge in [-0.2, -0.15) is 0 Å². The van der Waals surface area contributed by atoms with E-state index in [0.29, 0.717) is 32.4 Å². The zero-order valence-electron chi connectivity index (χ0n) is 33.9. The number of likely N-dealkylation sites (N-methyl/N-ethyl adjacent to an activating group) is 1. The molecule has 1 spiro atoms. The summed E-state index contributed by atoms with van der Waals surface area (Å²) < 4.78 is 0. The summed E-state index contributed by atoms with van der Waals surface area (Å²) in [6, 6.07) is -4.39. The molecule has 1 aromatic rings. The molecule has 1 aromatic heterocycles. The lowest BCUT2D eigenvalue weighted by Gasteiger charge is -2.41. The summed E-state index contributed by atoms with van der Waals surface area (Å²) in [6.07, 6.45) is 11.6. The number of aromatic nitrogens is 2. The van der Waals surface area contributed by atoms with E-state index in [1.54, 1.807) is 4.90 Å². The zero-order chi connectivity index (χ0) is 40.8. The van der Waals surface area contributed by atoms with Crippen LogP contribution in [0.1, 0.15) is 123 Å². The minimum absolute atomic E-state index is 0.00399. The van der Waals surface area contributed by atoms with Gasteiger partial charge >= 0.3 is 0 Å². The van der Waals surface area contributed by atoms with Gasteiger partial charge in [0, 0.05) is 37.9 Å². The zero-order valence-corrected chi connectivity index (χ0v) is 33.9. The topological polar surface area (TPSA) is 203 Å². The highest BCUT2D eigenvalue weighted by molar-refractivity contribution is 6.38. The van der Waals surface area contributed by atoms with E-state index in [-0.39, 0.29) is 49.5 Å². The average Bonchev–Trinajstić information content (AvgIpc) is 3.84. The number of nitrogens with zero attached hydrogens (tertiary/aromatic N) is 5. The molecule has 2 unspecified atom stereocenters. The second-order valence-electron chi connectivity index (χ2n) is 16.9. The van der Waals surface area contributed by atoms with Crippen molar-refractivity contribution in [2.45, 2.75) is 148 Å². The van der Waals surface area contributed by atoms with Gasteiger partial charge < -0.3 is 31.1 Å². The number of carbonyl (C=O) groups excluding carboxylic acids is 7. The highest BCUT2D eigenvalue weighted by atomic mass is 16.2. The highest BCUT2D eigenvalue weighted by Gasteiger charge is 2.60. The third-order valence-electron chi connectivity index (χ3n) is 11.7. The molecule has 2 aliphatic carbocycles. The van der Waals surface area contributed by atoms with Gasteiger partial charge in [0.15, 0.2) is 0 Å². The number of nitrogens with one attached hydrogen (secondary N) is 4. The molecule has 5 atom stereocenters. The lowest BCUT2D eigenvalue weighted by atomic mass is 9.82. The maximum Gasteiger partial charge on any atom is 0.289 e. The van der Waals surface area contributed by atoms with Crippen molar-refractivity contribution < 1.29 is 33.6 Å². The van der Waals surface area contributed by atoms with Crippen LogP contribution < -0.4 is 21.3 Å². The number of hydrogen-bond acceptors (Lipinski definition) is 10. The van der Waals surface area contributed by atoms with Crippen LogP contribution in [0.15, 0.2) is 18.6 Å². The standard InChI is InChI=1S/C40H61N9O7/c1-7-13-27(32(51)37(55)43-26-16-17-26)44-35(53)29-21-40(47(20-8-2)23-30(50)49(40)9-3)24-48(29)38(56)33(39(4,5)6)46-36(54)31(25-14-11-10-12-15-25)45-34(52)28-22-41-18-19-42-28/h18-19,22,25-27,29,31,33H,7-17,20-21,23-24H2,1-6H3,(H,43,55)(H,44,53)(H,45,52)(H,46,54)/t27?,29-,31-,33+,40?/m0/s1. The van der Waals surface area contributed by atoms with E-state index < -0.39 is 70.6 Å². The van der Waals surface area contributed by atoms with Gasteiger partial charge in [0.25, 0.3) is 11.8 Å². The molecule has 0 aromatic carbocycles. The van der Waals surface area contributed by atoms with Crippen LogP contribution in [0, 0.1) is 11.3 Å². The lowest BCUT2D eigenvalue weighted by molar-refractivity contribution is -0.145. The first-order valence-corrected chi connectivity index (χ1v) is 20.5. The van der Waals surface area contributed by atoms with Crippen molar-refractivity contribution in [1.29, 1.82) is 0 Å². The van der Waals surface area contributed by atoms with Gasteiger partial charge in [-0.05, 0) is 56.8 Å². The van der Waals surface area contributed by atoms with Crippen LogP contribution in [0.25, 0.3) is 0 Å². The molecule has 3 heterocycles. The molecule has 4 N–H and O–H groups in total. The summed E-state index contributed by atoms with van der Waals surface area (Å²) in [5.41, 5.74) is -1.81. The van der Waals surface area contributed by atoms with Crippen LogP contribution in [0.3, 0.4) is 0 Å². The fourth-order valence-corrected chi connectivity index (χ4v) is 8.60. The fourth-order valence-electron chi connectivity index (χ4n) is 8.60. The Morgan fingerprint density at radius 1 is 0.929 bits per heavy atom. The van der Waals surface area contributed by atoms with E-state index in [2.05, 4.69) is 31.2 Å². The Bertz CT molecular complexity index is 1620. The maximum atomic E-state index is 15.1. The van der Waals surface area contributed by atoms with Crippen LogP contribution in [-0.2, 0) is 28.8 Å². The number of rotatable bonds is 16. The van der Waals surface area contributed by atoms with Gasteiger partial charge in [0.2, 0.25) is 29.4 Å². The molecule has 56 heavy (non-hydrogen) atoms. The van der Waals surface area contributed by atoms with Gasteiger partial charge in [-0.1, -0.05) is 60.3 Å². The monoisotopic (exact) mass is 779 g/mol. The molecule has 4 aliphatic rings. The lowest BCUT2D eigenvalue weighted by Crippen LogP contribution is -2.62. The third-order valence-corrected chi connectivity index (χ3v) is 11.7. The average molecular weight is 780 g/mol. The molecule has 16 nitrogen and oxygen atoms in total. The van der Waals surface area contributed by atoms with Crippen molar-refractivity contribution in [1.82, 2.24) is 45.9 Å². The van der Waals surface area contributed by atoms with Crippen LogP contribution in [0.5, 0.6) is 0 Å². The molecular formula is C40H61N9O7. The predicted octanol–water partition coefficient (Wildman–Crippen LogP) is 1.69. The molecule has 0 bridgehead atoms. The number of carbonyl (C=O) groups is 7. The Kier molecular flexibility index (Phi) is 13.9. The molecular weight excluding hydrogens is 718 g/mol. The van der Waals surface area contributed by atoms with E-state index in [0.717, 1.165) is 38.5 Å². The third kappa shape index (κ3) is 9.55. The molecule has 4 fully saturated rings. The van der Waals surface area contributed by atoms with Crippen molar-refractivity contribution >= 4 is 41.2 Å². The Morgan fingerprint density at radius 3 is 2.23 bits per heavy atom. The first kappa shape index (κ1) is 42.7. The van der Waals surface area contributed by atoms with Gasteiger partial charge in [0.1, 0.15) is 29.5 Å². The summed E-state index contributed by atoms with van der Waals surface area (Å²) >= 11 is 0. The molecule has 308 valence electrons. The van der Waals surface area contributed by atoms with Crippen LogP contribution in [0.4, 0.5) is 0 Å². The van der Waals surface area contributed by atoms with Gasteiger partial charge in [-0.3, -0.25) is 43.4 Å². The summed E-state index contributed by atoms with van der Waals surface area (Å²) in [5.74, 6) is -3.98. The second-order valence-corrected chi connectivity index (χ2v) is 16.9. The Hall–Kier alpha value is -4.47. The van der Waals surface area contributed by atoms with Crippen molar-refractivity contribution in [3.05, 3.63) is 24.3 Å². The van der Waals surface area contributed by atoms with E-state index in [4.69, 9.17) is 0 Å². The molecule has 2 saturated carbocycles. The minimum Gasteiger partial charge on any atom is -0.347 e. The number of Topliss-reactive ketones (excluding diaryl/α,β-unsaturated/α-hetero) is 1. The molecule has 0 radical (unpaired) electrons. The molecule has 2 aliphatic heterocycles. The van der Waals surface area contributed by atoms with Crippen LogP contribution >= 0.6 is 0 Å². The highest BCUT2D eigenvalue weighted by Crippen LogP contribution is 2.41. The number of hydrogen-bond donors (Lipinski definition) is 4. The summed E-state index contributed by atoms with van der Waals surface area (Å²) in [4.78, 5) is 110. The molecule has 6 amide bonds. The minimum atomic E-state index is -1.15. The van der Waals surface area contributed by atoms with Gasteiger partial charge in [0.05, 0.1) is 25.3 Å². The van der Waals surface area contributed by atoms with Crippen molar-refractivity contribution in [3.63, 3.8) is 0 Å². The van der Waals surface area contributed by atoms with Crippen LogP contribution in [0.2, 0.25) is 0 Å². The van der Waals surface area contributed by atoms with E-state index >= 15 is 4.79 Å². The van der Waals surface area contributed by atoms with Gasteiger partial charge in [-0.25, -0.2) is 4.98 Å². The Labute approximate surface area is 330 Å². The number of ketones is 1. The Morgan fingerprint density at radius 2 is 1.64 bits per heavy atom. The van der Waals surface area contributed by atoms with E-state index in [1.807, 2.05) is 46.4 Å². The summed E-state index contributed by atoms with van der Waals surface area (Å²) in [7, 11) is 0. The molecule has 5 rings (SSSR count). The van der Waals surface area contributed by atoms with E-state index in [9.17, 15) is 28.8 Å². The van der Waals surface area contributed by atoms with Crippen molar-refractivity contribution in [2.75, 3.05) is 26.2 Å². The normalized spacial score (nSPS) is 23.4. The van der Waals surface area contributed by atoms with Crippen molar-refractivity contribution in [3.8, 4) is 0 Å². The van der Waals surface area contributed by atoms with Crippen LogP contribution in [-0.4, -0.2) is 128 Å². The fraction of sp³-hybridized carbons (Fsp3) is 0.725. The first-order chi connectivity index (χ1) is 26.6.